The first-order chi connectivity index (χ1) is 10.0. The number of carboxylic acids is 1. The van der Waals surface area contributed by atoms with Gasteiger partial charge in [-0.25, -0.2) is 14.2 Å². The molecule has 118 valence electrons. The van der Waals surface area contributed by atoms with Gasteiger partial charge in [0.1, 0.15) is 16.5 Å². The van der Waals surface area contributed by atoms with Gasteiger partial charge in [0.25, 0.3) is 0 Å². The van der Waals surface area contributed by atoms with Crippen molar-refractivity contribution in [3.8, 4) is 10.6 Å². The molecule has 0 spiro atoms. The monoisotopic (exact) mass is 341 g/mol. The Morgan fingerprint density at radius 1 is 1.18 bits per heavy atom. The Bertz CT molecular complexity index is 725. The molecule has 0 aliphatic carbocycles. The van der Waals surface area contributed by atoms with Crippen molar-refractivity contribution >= 4 is 17.3 Å². The summed E-state index contributed by atoms with van der Waals surface area (Å²) in [4.78, 5) is 13.7. The van der Waals surface area contributed by atoms with Gasteiger partial charge in [-0.3, -0.25) is 0 Å². The molecule has 2 rings (SSSR count). The highest BCUT2D eigenvalue weighted by Crippen LogP contribution is 2.36. The summed E-state index contributed by atoms with van der Waals surface area (Å²) in [5.41, 5.74) is -2.77. The van der Waals surface area contributed by atoms with Gasteiger partial charge in [-0.15, -0.1) is 11.3 Å². The number of carboxylic acid groups (broad SMARTS) is 1. The summed E-state index contributed by atoms with van der Waals surface area (Å²) in [6.45, 7) is 0. The number of benzene rings is 1. The van der Waals surface area contributed by atoms with E-state index in [0.717, 1.165) is 6.07 Å². The number of hydrogen-bond donors (Lipinski definition) is 1. The summed E-state index contributed by atoms with van der Waals surface area (Å²) >= 11 is 0.499. The molecule has 0 fully saturated rings. The zero-order chi connectivity index (χ0) is 16.7. The number of halogens is 6. The lowest BCUT2D eigenvalue weighted by molar-refractivity contribution is -0.166. The Hall–Kier alpha value is -2.10. The van der Waals surface area contributed by atoms with Crippen LogP contribution in [0.2, 0.25) is 0 Å². The third-order valence-corrected chi connectivity index (χ3v) is 3.50. The number of aliphatic carboxylic acids is 1. The van der Waals surface area contributed by atoms with Crippen LogP contribution in [0.15, 0.2) is 23.6 Å². The number of carbonyl (C=O) groups is 1. The maximum absolute atomic E-state index is 13.7. The van der Waals surface area contributed by atoms with Crippen molar-refractivity contribution in [3.63, 3.8) is 0 Å². The zero-order valence-corrected chi connectivity index (χ0v) is 11.1. The second-order valence-electron chi connectivity index (χ2n) is 4.11. The van der Waals surface area contributed by atoms with Crippen LogP contribution in [0.1, 0.15) is 11.3 Å². The highest BCUT2D eigenvalue weighted by atomic mass is 32.1. The summed E-state index contributed by atoms with van der Waals surface area (Å²) in [5.74, 6) is -8.00. The maximum Gasteiger partial charge on any atom is 0.416 e. The molecule has 0 radical (unpaired) electrons. The lowest BCUT2D eigenvalue weighted by Gasteiger charge is -2.08. The third kappa shape index (κ3) is 2.91. The molecule has 1 heterocycles. The van der Waals surface area contributed by atoms with Gasteiger partial charge < -0.3 is 5.11 Å². The zero-order valence-electron chi connectivity index (χ0n) is 10.3. The predicted octanol–water partition coefficient (Wildman–Crippen LogP) is 4.14. The van der Waals surface area contributed by atoms with E-state index >= 15 is 0 Å². The molecule has 10 heteroatoms. The van der Waals surface area contributed by atoms with Gasteiger partial charge in [0.2, 0.25) is 0 Å². The molecule has 1 aromatic carbocycles. The molecular weight excluding hydrogens is 336 g/mol. The second kappa shape index (κ2) is 5.27. The fourth-order valence-corrected chi connectivity index (χ4v) is 2.38. The fourth-order valence-electron chi connectivity index (χ4n) is 1.52. The Morgan fingerprint density at radius 2 is 1.82 bits per heavy atom. The van der Waals surface area contributed by atoms with Gasteiger partial charge in [0.15, 0.2) is 0 Å². The molecule has 1 aromatic heterocycles. The largest absolute Gasteiger partial charge is 0.476 e. The molecule has 22 heavy (non-hydrogen) atoms. The van der Waals surface area contributed by atoms with Crippen molar-refractivity contribution < 1.29 is 36.2 Å². The molecular formula is C12H5F6NO2S. The van der Waals surface area contributed by atoms with E-state index < -0.39 is 40.7 Å². The first-order valence-electron chi connectivity index (χ1n) is 5.48. The van der Waals surface area contributed by atoms with Crippen molar-refractivity contribution in [2.75, 3.05) is 0 Å². The van der Waals surface area contributed by atoms with Crippen LogP contribution in [-0.4, -0.2) is 16.1 Å². The standard InChI is InChI=1S/C12H5F6NO2S/c13-7-3-5(12(16,17)18)1-2-6(7)9-19-8(4-22-9)11(14,15)10(20)21/h1-4H,(H,20,21). The van der Waals surface area contributed by atoms with Crippen LogP contribution >= 0.6 is 11.3 Å². The molecule has 0 aliphatic rings. The Kier molecular flexibility index (Phi) is 3.90. The predicted molar refractivity (Wildman–Crippen MR) is 64.0 cm³/mol. The molecule has 0 aliphatic heterocycles. The summed E-state index contributed by atoms with van der Waals surface area (Å²) in [7, 11) is 0. The van der Waals surface area contributed by atoms with Gasteiger partial charge >= 0.3 is 18.1 Å². The van der Waals surface area contributed by atoms with Crippen LogP contribution in [0.3, 0.4) is 0 Å². The van der Waals surface area contributed by atoms with E-state index in [2.05, 4.69) is 4.98 Å². The normalized spacial score (nSPS) is 12.5. The molecule has 0 saturated heterocycles. The average Bonchev–Trinajstić information content (AvgIpc) is 2.87. The summed E-state index contributed by atoms with van der Waals surface area (Å²) in [6, 6.07) is 1.54. The average molecular weight is 341 g/mol. The molecule has 2 aromatic rings. The third-order valence-electron chi connectivity index (χ3n) is 2.62. The van der Waals surface area contributed by atoms with Gasteiger partial charge in [-0.2, -0.15) is 22.0 Å². The molecule has 3 nitrogen and oxygen atoms in total. The second-order valence-corrected chi connectivity index (χ2v) is 4.97. The van der Waals surface area contributed by atoms with Crippen molar-refractivity contribution in [2.45, 2.75) is 12.1 Å². The fraction of sp³-hybridized carbons (Fsp3) is 0.167. The molecule has 0 bridgehead atoms. The van der Waals surface area contributed by atoms with Gasteiger partial charge in [0.05, 0.1) is 5.56 Å². The molecule has 0 amide bonds. The first kappa shape index (κ1) is 16.3. The van der Waals surface area contributed by atoms with Crippen LogP contribution in [0.4, 0.5) is 26.3 Å². The summed E-state index contributed by atoms with van der Waals surface area (Å²) in [5, 5.41) is 8.73. The minimum absolute atomic E-state index is 0.214. The summed E-state index contributed by atoms with van der Waals surface area (Å²) < 4.78 is 77.4. The van der Waals surface area contributed by atoms with Gasteiger partial charge in [-0.1, -0.05) is 0 Å². The molecule has 1 N–H and O–H groups in total. The number of thiazole rings is 1. The van der Waals surface area contributed by atoms with Crippen LogP contribution in [0.25, 0.3) is 10.6 Å². The number of nitrogens with zero attached hydrogens (tertiary/aromatic N) is 1. The van der Waals surface area contributed by atoms with Crippen molar-refractivity contribution in [3.05, 3.63) is 40.7 Å². The van der Waals surface area contributed by atoms with Gasteiger partial charge in [0, 0.05) is 10.9 Å². The smallest absolute Gasteiger partial charge is 0.416 e. The SMILES string of the molecule is O=C(O)C(F)(F)c1csc(-c2ccc(C(F)(F)F)cc2F)n1. The van der Waals surface area contributed by atoms with E-state index in [4.69, 9.17) is 5.11 Å². The van der Waals surface area contributed by atoms with E-state index in [1.165, 1.54) is 0 Å². The van der Waals surface area contributed by atoms with E-state index in [1.807, 2.05) is 0 Å². The number of hydrogen-bond acceptors (Lipinski definition) is 3. The van der Waals surface area contributed by atoms with Crippen LogP contribution in [0.5, 0.6) is 0 Å². The Balaban J connectivity index is 2.42. The van der Waals surface area contributed by atoms with Crippen molar-refractivity contribution in [2.24, 2.45) is 0 Å². The summed E-state index contributed by atoms with van der Waals surface area (Å²) in [6.07, 6.45) is -4.75. The highest BCUT2D eigenvalue weighted by Gasteiger charge is 2.43. The highest BCUT2D eigenvalue weighted by molar-refractivity contribution is 7.13. The Morgan fingerprint density at radius 3 is 2.32 bits per heavy atom. The van der Waals surface area contributed by atoms with E-state index in [9.17, 15) is 31.1 Å². The lowest BCUT2D eigenvalue weighted by atomic mass is 10.1. The number of alkyl halides is 5. The Labute approximate surface area is 122 Å². The van der Waals surface area contributed by atoms with Gasteiger partial charge in [-0.05, 0) is 18.2 Å². The van der Waals surface area contributed by atoms with Crippen LogP contribution < -0.4 is 0 Å². The van der Waals surface area contributed by atoms with E-state index in [-0.39, 0.29) is 11.1 Å². The van der Waals surface area contributed by atoms with Crippen molar-refractivity contribution in [1.82, 2.24) is 4.98 Å². The minimum Gasteiger partial charge on any atom is -0.476 e. The van der Waals surface area contributed by atoms with E-state index in [1.54, 1.807) is 0 Å². The lowest BCUT2D eigenvalue weighted by Crippen LogP contribution is -2.25. The maximum atomic E-state index is 13.7. The molecule has 0 atom stereocenters. The topological polar surface area (TPSA) is 50.2 Å². The molecule has 0 saturated carbocycles. The first-order valence-corrected chi connectivity index (χ1v) is 6.36. The van der Waals surface area contributed by atoms with Crippen LogP contribution in [0, 0.1) is 5.82 Å². The number of rotatable bonds is 3. The van der Waals surface area contributed by atoms with Crippen LogP contribution in [-0.2, 0) is 16.9 Å². The minimum atomic E-state index is -4.75. The number of aromatic nitrogens is 1. The quantitative estimate of drug-likeness (QED) is 0.854. The molecule has 0 unspecified atom stereocenters. The van der Waals surface area contributed by atoms with E-state index in [0.29, 0.717) is 22.8 Å². The van der Waals surface area contributed by atoms with Crippen molar-refractivity contribution in [1.29, 1.82) is 0 Å².